The Balaban J connectivity index is 2.97. The Morgan fingerprint density at radius 2 is 1.67 bits per heavy atom. The molecule has 1 rings (SSSR count). The highest BCUT2D eigenvalue weighted by Gasteiger charge is 2.43. The summed E-state index contributed by atoms with van der Waals surface area (Å²) in [7, 11) is 0. The Kier molecular flexibility index (Phi) is 10.3. The Hall–Kier alpha value is -1.67. The van der Waals surface area contributed by atoms with Gasteiger partial charge in [0.25, 0.3) is 0 Å². The Bertz CT molecular complexity index is 464. The zero-order chi connectivity index (χ0) is 20.4. The summed E-state index contributed by atoms with van der Waals surface area (Å²) in [6.45, 7) is 9.17. The van der Waals surface area contributed by atoms with Crippen LogP contribution in [-0.2, 0) is 33.3 Å². The van der Waals surface area contributed by atoms with E-state index in [-0.39, 0.29) is 37.4 Å². The van der Waals surface area contributed by atoms with Crippen LogP contribution in [0.5, 0.6) is 0 Å². The highest BCUT2D eigenvalue weighted by molar-refractivity contribution is 5.74. The standard InChI is InChI=1S/C19H33NO7/c1-6-8-16(22)26-15-10-14(11-24-12(3)4)25-19(18(15)20-13(5)21)27-17(23)9-7-2/h12,14-15,18-19H,6-11H2,1-5H3,(H,20,21)/t14?,15-,18?,19?/m0/s1. The first-order valence-corrected chi connectivity index (χ1v) is 9.69. The molecule has 1 N–H and O–H groups in total. The van der Waals surface area contributed by atoms with Crippen LogP contribution < -0.4 is 5.32 Å². The molecule has 1 aliphatic rings. The summed E-state index contributed by atoms with van der Waals surface area (Å²) >= 11 is 0. The van der Waals surface area contributed by atoms with E-state index in [9.17, 15) is 14.4 Å². The van der Waals surface area contributed by atoms with Gasteiger partial charge in [-0.2, -0.15) is 0 Å². The van der Waals surface area contributed by atoms with Gasteiger partial charge in [-0.25, -0.2) is 0 Å². The molecule has 1 heterocycles. The summed E-state index contributed by atoms with van der Waals surface area (Å²) in [6, 6.07) is -0.764. The fourth-order valence-electron chi connectivity index (χ4n) is 2.76. The fourth-order valence-corrected chi connectivity index (χ4v) is 2.76. The Morgan fingerprint density at radius 3 is 2.19 bits per heavy atom. The monoisotopic (exact) mass is 387 g/mol. The van der Waals surface area contributed by atoms with Crippen molar-refractivity contribution in [3.8, 4) is 0 Å². The first-order valence-electron chi connectivity index (χ1n) is 9.69. The lowest BCUT2D eigenvalue weighted by Gasteiger charge is -2.40. The number of esters is 2. The fraction of sp³-hybridized carbons (Fsp3) is 0.842. The summed E-state index contributed by atoms with van der Waals surface area (Å²) < 4.78 is 22.5. The molecule has 1 saturated heterocycles. The normalized spacial score (nSPS) is 25.1. The molecule has 3 unspecified atom stereocenters. The smallest absolute Gasteiger partial charge is 0.308 e. The van der Waals surface area contributed by atoms with Crippen LogP contribution in [0.3, 0.4) is 0 Å². The second kappa shape index (κ2) is 11.9. The molecular weight excluding hydrogens is 354 g/mol. The number of amides is 1. The van der Waals surface area contributed by atoms with Crippen LogP contribution in [-0.4, -0.2) is 55.1 Å². The zero-order valence-electron chi connectivity index (χ0n) is 17.0. The van der Waals surface area contributed by atoms with Crippen molar-refractivity contribution in [2.75, 3.05) is 6.61 Å². The van der Waals surface area contributed by atoms with Crippen molar-refractivity contribution in [1.82, 2.24) is 5.32 Å². The molecule has 0 aliphatic carbocycles. The summed E-state index contributed by atoms with van der Waals surface area (Å²) in [5.74, 6) is -1.11. The van der Waals surface area contributed by atoms with Gasteiger partial charge in [-0.3, -0.25) is 14.4 Å². The molecule has 0 aromatic carbocycles. The van der Waals surface area contributed by atoms with Gasteiger partial charge in [0.05, 0.1) is 18.8 Å². The molecule has 0 bridgehead atoms. The van der Waals surface area contributed by atoms with Crippen molar-refractivity contribution >= 4 is 17.8 Å². The van der Waals surface area contributed by atoms with E-state index in [1.165, 1.54) is 6.92 Å². The maximum atomic E-state index is 12.0. The van der Waals surface area contributed by atoms with Gasteiger partial charge >= 0.3 is 11.9 Å². The first-order chi connectivity index (χ1) is 12.8. The minimum absolute atomic E-state index is 0.00357. The predicted molar refractivity (Wildman–Crippen MR) is 97.8 cm³/mol. The van der Waals surface area contributed by atoms with E-state index in [1.54, 1.807) is 0 Å². The Labute approximate surface area is 161 Å². The number of ether oxygens (including phenoxy) is 4. The lowest BCUT2D eigenvalue weighted by molar-refractivity contribution is -0.240. The minimum atomic E-state index is -1.04. The van der Waals surface area contributed by atoms with Crippen molar-refractivity contribution in [2.45, 2.75) is 97.4 Å². The van der Waals surface area contributed by atoms with Crippen LogP contribution in [0.2, 0.25) is 0 Å². The molecule has 27 heavy (non-hydrogen) atoms. The molecular formula is C19H33NO7. The first kappa shape index (κ1) is 23.4. The van der Waals surface area contributed by atoms with Crippen molar-refractivity contribution < 1.29 is 33.3 Å². The van der Waals surface area contributed by atoms with Gasteiger partial charge in [-0.05, 0) is 26.7 Å². The molecule has 8 nitrogen and oxygen atoms in total. The van der Waals surface area contributed by atoms with Crippen LogP contribution in [0.25, 0.3) is 0 Å². The number of rotatable bonds is 10. The molecule has 156 valence electrons. The van der Waals surface area contributed by atoms with E-state index in [0.717, 1.165) is 0 Å². The molecule has 1 amide bonds. The number of nitrogens with one attached hydrogen (secondary N) is 1. The third-order valence-electron chi connectivity index (χ3n) is 3.94. The van der Waals surface area contributed by atoms with Crippen LogP contribution in [0, 0.1) is 0 Å². The molecule has 0 spiro atoms. The maximum Gasteiger partial charge on any atom is 0.308 e. The van der Waals surface area contributed by atoms with Gasteiger partial charge in [-0.1, -0.05) is 13.8 Å². The molecule has 0 radical (unpaired) electrons. The molecule has 8 heteroatoms. The number of carbonyl (C=O) groups excluding carboxylic acids is 3. The third kappa shape index (κ3) is 8.71. The molecule has 1 fully saturated rings. The highest BCUT2D eigenvalue weighted by atomic mass is 16.7. The molecule has 4 atom stereocenters. The van der Waals surface area contributed by atoms with E-state index in [4.69, 9.17) is 18.9 Å². The average molecular weight is 387 g/mol. The van der Waals surface area contributed by atoms with Crippen molar-refractivity contribution in [2.24, 2.45) is 0 Å². The highest BCUT2D eigenvalue weighted by Crippen LogP contribution is 2.25. The number of carbonyl (C=O) groups is 3. The molecule has 1 aliphatic heterocycles. The molecule has 0 aromatic heterocycles. The van der Waals surface area contributed by atoms with E-state index in [0.29, 0.717) is 19.3 Å². The SMILES string of the molecule is CCCC(=O)OC1OC(COC(C)C)C[C@H](OC(=O)CCC)C1NC(C)=O. The quantitative estimate of drug-likeness (QED) is 0.573. The average Bonchev–Trinajstić information content (AvgIpc) is 2.56. The van der Waals surface area contributed by atoms with E-state index >= 15 is 0 Å². The van der Waals surface area contributed by atoms with Crippen LogP contribution >= 0.6 is 0 Å². The van der Waals surface area contributed by atoms with E-state index < -0.39 is 30.5 Å². The summed E-state index contributed by atoms with van der Waals surface area (Å²) in [4.78, 5) is 35.7. The van der Waals surface area contributed by atoms with Crippen molar-refractivity contribution in [3.05, 3.63) is 0 Å². The minimum Gasteiger partial charge on any atom is -0.460 e. The van der Waals surface area contributed by atoms with Crippen LogP contribution in [0.4, 0.5) is 0 Å². The topological polar surface area (TPSA) is 100 Å². The van der Waals surface area contributed by atoms with Gasteiger partial charge in [0.1, 0.15) is 12.1 Å². The van der Waals surface area contributed by atoms with Crippen LogP contribution in [0.1, 0.15) is 66.7 Å². The third-order valence-corrected chi connectivity index (χ3v) is 3.94. The lowest BCUT2D eigenvalue weighted by atomic mass is 9.99. The maximum absolute atomic E-state index is 12.0. The largest absolute Gasteiger partial charge is 0.460 e. The van der Waals surface area contributed by atoms with Gasteiger partial charge in [0, 0.05) is 26.2 Å². The molecule has 0 aromatic rings. The lowest BCUT2D eigenvalue weighted by Crippen LogP contribution is -2.59. The summed E-state index contributed by atoms with van der Waals surface area (Å²) in [5, 5.41) is 2.70. The van der Waals surface area contributed by atoms with Crippen LogP contribution in [0.15, 0.2) is 0 Å². The van der Waals surface area contributed by atoms with Crippen molar-refractivity contribution in [3.63, 3.8) is 0 Å². The predicted octanol–water partition coefficient (Wildman–Crippen LogP) is 2.09. The van der Waals surface area contributed by atoms with Gasteiger partial charge in [0.15, 0.2) is 0 Å². The Morgan fingerprint density at radius 1 is 1.07 bits per heavy atom. The second-order valence-corrected chi connectivity index (χ2v) is 6.99. The molecule has 0 saturated carbocycles. The van der Waals surface area contributed by atoms with E-state index in [1.807, 2.05) is 27.7 Å². The van der Waals surface area contributed by atoms with Gasteiger partial charge < -0.3 is 24.3 Å². The van der Waals surface area contributed by atoms with Gasteiger partial charge in [-0.15, -0.1) is 0 Å². The summed E-state index contributed by atoms with van der Waals surface area (Å²) in [6.07, 6.45) is 0.0170. The second-order valence-electron chi connectivity index (χ2n) is 6.99. The van der Waals surface area contributed by atoms with E-state index in [2.05, 4.69) is 5.32 Å². The van der Waals surface area contributed by atoms with Gasteiger partial charge in [0.2, 0.25) is 12.2 Å². The summed E-state index contributed by atoms with van der Waals surface area (Å²) in [5.41, 5.74) is 0. The number of hydrogen-bond acceptors (Lipinski definition) is 7. The van der Waals surface area contributed by atoms with Crippen molar-refractivity contribution in [1.29, 1.82) is 0 Å². The zero-order valence-corrected chi connectivity index (χ0v) is 17.0. The number of hydrogen-bond donors (Lipinski definition) is 1.